The molecular weight excluding hydrogens is 374 g/mol. The molecular formula is C20H27N5O2S. The van der Waals surface area contributed by atoms with Gasteiger partial charge in [-0.05, 0) is 37.6 Å². The molecule has 0 unspecified atom stereocenters. The Hall–Kier alpha value is -2.22. The first kappa shape index (κ1) is 19.1. The molecule has 1 aliphatic rings. The van der Waals surface area contributed by atoms with E-state index in [9.17, 15) is 9.59 Å². The maximum absolute atomic E-state index is 12.6. The zero-order valence-corrected chi connectivity index (χ0v) is 17.1. The third-order valence-corrected chi connectivity index (χ3v) is 6.51. The molecule has 3 aromatic heterocycles. The van der Waals surface area contributed by atoms with E-state index < -0.39 is 0 Å². The highest BCUT2D eigenvalue weighted by Gasteiger charge is 2.18. The quantitative estimate of drug-likeness (QED) is 0.643. The summed E-state index contributed by atoms with van der Waals surface area (Å²) < 4.78 is 4.36. The average molecular weight is 402 g/mol. The SMILES string of the molecule is CCn1c(=O)c2sccc2n2c(CCCC(=O)NC3CCCCCC3)nnc12. The number of hydrogen-bond donors (Lipinski definition) is 1. The van der Waals surface area contributed by atoms with Crippen LogP contribution in [0, 0.1) is 0 Å². The molecule has 4 rings (SSSR count). The molecule has 0 spiro atoms. The lowest BCUT2D eigenvalue weighted by Crippen LogP contribution is -2.34. The summed E-state index contributed by atoms with van der Waals surface area (Å²) in [6.07, 6.45) is 9.07. The predicted molar refractivity (Wildman–Crippen MR) is 111 cm³/mol. The summed E-state index contributed by atoms with van der Waals surface area (Å²) in [5.41, 5.74) is 0.847. The zero-order chi connectivity index (χ0) is 19.5. The van der Waals surface area contributed by atoms with Gasteiger partial charge in [-0.2, -0.15) is 0 Å². The first-order chi connectivity index (χ1) is 13.7. The van der Waals surface area contributed by atoms with Crippen molar-refractivity contribution in [3.63, 3.8) is 0 Å². The van der Waals surface area contributed by atoms with E-state index in [-0.39, 0.29) is 11.5 Å². The molecule has 150 valence electrons. The zero-order valence-electron chi connectivity index (χ0n) is 16.3. The summed E-state index contributed by atoms with van der Waals surface area (Å²) in [6.45, 7) is 2.49. The maximum Gasteiger partial charge on any atom is 0.272 e. The topological polar surface area (TPSA) is 81.3 Å². The number of fused-ring (bicyclic) bond motifs is 3. The van der Waals surface area contributed by atoms with Crippen molar-refractivity contribution in [1.82, 2.24) is 24.5 Å². The van der Waals surface area contributed by atoms with Crippen LogP contribution in [0.3, 0.4) is 0 Å². The second kappa shape index (κ2) is 8.43. The number of carbonyl (C=O) groups is 1. The van der Waals surface area contributed by atoms with Gasteiger partial charge in [-0.25, -0.2) is 0 Å². The van der Waals surface area contributed by atoms with E-state index in [4.69, 9.17) is 0 Å². The normalized spacial score (nSPS) is 15.9. The maximum atomic E-state index is 12.6. The fraction of sp³-hybridized carbons (Fsp3) is 0.600. The van der Waals surface area contributed by atoms with E-state index >= 15 is 0 Å². The molecule has 0 aliphatic heterocycles. The van der Waals surface area contributed by atoms with Crippen molar-refractivity contribution >= 4 is 33.2 Å². The molecule has 1 N–H and O–H groups in total. The standard InChI is InChI=1S/C20H27N5O2S/c1-2-24-19(27)18-15(12-13-28-18)25-16(22-23-20(24)25)10-7-11-17(26)21-14-8-5-3-4-6-9-14/h12-14H,2-11H2,1H3,(H,21,26). The third-order valence-electron chi connectivity index (χ3n) is 5.62. The van der Waals surface area contributed by atoms with Crippen LogP contribution in [0.4, 0.5) is 0 Å². The van der Waals surface area contributed by atoms with Crippen molar-refractivity contribution in [2.75, 3.05) is 0 Å². The van der Waals surface area contributed by atoms with Crippen LogP contribution in [0.25, 0.3) is 16.0 Å². The summed E-state index contributed by atoms with van der Waals surface area (Å²) >= 11 is 1.45. The van der Waals surface area contributed by atoms with Gasteiger partial charge in [0.2, 0.25) is 11.7 Å². The first-order valence-electron chi connectivity index (χ1n) is 10.3. The number of nitrogens with one attached hydrogen (secondary N) is 1. The lowest BCUT2D eigenvalue weighted by molar-refractivity contribution is -0.122. The van der Waals surface area contributed by atoms with Crippen molar-refractivity contribution in [2.24, 2.45) is 0 Å². The second-order valence-corrected chi connectivity index (χ2v) is 8.46. The molecule has 0 bridgehead atoms. The van der Waals surface area contributed by atoms with E-state index in [2.05, 4.69) is 15.5 Å². The Labute approximate surface area is 167 Å². The van der Waals surface area contributed by atoms with Crippen LogP contribution >= 0.6 is 11.3 Å². The smallest absolute Gasteiger partial charge is 0.272 e. The van der Waals surface area contributed by atoms with Crippen LogP contribution in [0.2, 0.25) is 0 Å². The molecule has 1 amide bonds. The van der Waals surface area contributed by atoms with Crippen LogP contribution < -0.4 is 10.9 Å². The highest BCUT2D eigenvalue weighted by molar-refractivity contribution is 7.17. The monoisotopic (exact) mass is 401 g/mol. The average Bonchev–Trinajstić information content (AvgIpc) is 3.24. The van der Waals surface area contributed by atoms with E-state index in [0.717, 1.165) is 35.3 Å². The first-order valence-corrected chi connectivity index (χ1v) is 11.2. The fourth-order valence-corrected chi connectivity index (χ4v) is 4.98. The van der Waals surface area contributed by atoms with Gasteiger partial charge >= 0.3 is 0 Å². The molecule has 1 fully saturated rings. The Morgan fingerprint density at radius 2 is 2.04 bits per heavy atom. The van der Waals surface area contributed by atoms with Crippen molar-refractivity contribution < 1.29 is 4.79 Å². The van der Waals surface area contributed by atoms with Gasteiger partial charge in [0.1, 0.15) is 10.5 Å². The van der Waals surface area contributed by atoms with Gasteiger partial charge in [0.05, 0.1) is 5.52 Å². The van der Waals surface area contributed by atoms with Gasteiger partial charge in [-0.3, -0.25) is 18.6 Å². The van der Waals surface area contributed by atoms with Gasteiger partial charge in [0.15, 0.2) is 0 Å². The lowest BCUT2D eigenvalue weighted by Gasteiger charge is -2.16. The molecule has 1 saturated carbocycles. The van der Waals surface area contributed by atoms with Gasteiger partial charge in [-0.1, -0.05) is 25.7 Å². The van der Waals surface area contributed by atoms with Crippen molar-refractivity contribution in [3.05, 3.63) is 27.6 Å². The highest BCUT2D eigenvalue weighted by atomic mass is 32.1. The van der Waals surface area contributed by atoms with E-state index in [0.29, 0.717) is 31.2 Å². The van der Waals surface area contributed by atoms with Crippen molar-refractivity contribution in [1.29, 1.82) is 0 Å². The summed E-state index contributed by atoms with van der Waals surface area (Å²) in [7, 11) is 0. The Morgan fingerprint density at radius 1 is 1.25 bits per heavy atom. The molecule has 3 aromatic rings. The van der Waals surface area contributed by atoms with Crippen LogP contribution in [0.1, 0.15) is 64.1 Å². The Balaban J connectivity index is 1.46. The summed E-state index contributed by atoms with van der Waals surface area (Å²) in [5, 5.41) is 13.7. The number of nitrogens with zero attached hydrogens (tertiary/aromatic N) is 4. The molecule has 0 aromatic carbocycles. The molecule has 0 radical (unpaired) electrons. The van der Waals surface area contributed by atoms with Crippen molar-refractivity contribution in [3.8, 4) is 0 Å². The Morgan fingerprint density at radius 3 is 2.79 bits per heavy atom. The van der Waals surface area contributed by atoms with Crippen LogP contribution in [0.15, 0.2) is 16.2 Å². The molecule has 28 heavy (non-hydrogen) atoms. The summed E-state index contributed by atoms with van der Waals surface area (Å²) in [5.74, 6) is 1.52. The van der Waals surface area contributed by atoms with Crippen LogP contribution in [-0.4, -0.2) is 31.1 Å². The molecule has 7 nitrogen and oxygen atoms in total. The fourth-order valence-electron chi connectivity index (χ4n) is 4.16. The third kappa shape index (κ3) is 3.70. The Kier molecular flexibility index (Phi) is 5.75. The lowest BCUT2D eigenvalue weighted by atomic mass is 10.1. The number of amides is 1. The van der Waals surface area contributed by atoms with Gasteiger partial charge in [0, 0.05) is 25.4 Å². The predicted octanol–water partition coefficient (Wildman–Crippen LogP) is 3.29. The van der Waals surface area contributed by atoms with E-state index in [1.165, 1.54) is 37.0 Å². The van der Waals surface area contributed by atoms with Crippen molar-refractivity contribution in [2.45, 2.75) is 77.3 Å². The number of rotatable bonds is 6. The molecule has 3 heterocycles. The molecule has 1 aliphatic carbocycles. The van der Waals surface area contributed by atoms with Crippen LogP contribution in [-0.2, 0) is 17.8 Å². The minimum Gasteiger partial charge on any atom is -0.353 e. The van der Waals surface area contributed by atoms with Gasteiger partial charge < -0.3 is 5.32 Å². The minimum atomic E-state index is -0.0123. The second-order valence-electron chi connectivity index (χ2n) is 7.55. The van der Waals surface area contributed by atoms with Gasteiger partial charge in [0.25, 0.3) is 5.56 Å². The summed E-state index contributed by atoms with van der Waals surface area (Å²) in [6, 6.07) is 2.29. The highest BCUT2D eigenvalue weighted by Crippen LogP contribution is 2.21. The number of aromatic nitrogens is 4. The largest absolute Gasteiger partial charge is 0.353 e. The van der Waals surface area contributed by atoms with Gasteiger partial charge in [-0.15, -0.1) is 21.5 Å². The van der Waals surface area contributed by atoms with E-state index in [1.54, 1.807) is 4.57 Å². The number of carbonyl (C=O) groups excluding carboxylic acids is 1. The molecule has 0 saturated heterocycles. The summed E-state index contributed by atoms with van der Waals surface area (Å²) in [4.78, 5) is 24.9. The van der Waals surface area contributed by atoms with E-state index in [1.807, 2.05) is 22.8 Å². The molecule has 0 atom stereocenters. The minimum absolute atomic E-state index is 0.0123. The van der Waals surface area contributed by atoms with Crippen LogP contribution in [0.5, 0.6) is 0 Å². The number of aryl methyl sites for hydroxylation is 2. The molecule has 8 heteroatoms. The Bertz CT molecular complexity index is 1030. The number of thiophene rings is 1. The number of hydrogen-bond acceptors (Lipinski definition) is 5.